The lowest BCUT2D eigenvalue weighted by atomic mass is 10.0. The molecule has 2 heterocycles. The molecule has 1 aliphatic heterocycles. The summed E-state index contributed by atoms with van der Waals surface area (Å²) in [7, 11) is 0. The molecular formula is C21H16N2O2S2. The lowest BCUT2D eigenvalue weighted by molar-refractivity contribution is -0.114. The van der Waals surface area contributed by atoms with Gasteiger partial charge >= 0.3 is 0 Å². The van der Waals surface area contributed by atoms with Crippen LogP contribution in [0.3, 0.4) is 0 Å². The molecule has 4 nitrogen and oxygen atoms in total. The van der Waals surface area contributed by atoms with Crippen LogP contribution >= 0.6 is 23.1 Å². The van der Waals surface area contributed by atoms with Crippen LogP contribution in [0.1, 0.15) is 22.1 Å². The molecule has 0 bridgehead atoms. The first-order valence-electron chi connectivity index (χ1n) is 8.40. The molecule has 2 aromatic carbocycles. The van der Waals surface area contributed by atoms with Crippen molar-refractivity contribution in [3.63, 3.8) is 0 Å². The molecule has 0 spiro atoms. The molecule has 1 N–H and O–H groups in total. The van der Waals surface area contributed by atoms with Crippen molar-refractivity contribution in [3.8, 4) is 5.75 Å². The number of ether oxygens (including phenoxy) is 1. The molecule has 6 heteroatoms. The van der Waals surface area contributed by atoms with Gasteiger partial charge in [0.1, 0.15) is 23.3 Å². The van der Waals surface area contributed by atoms with E-state index in [1.807, 2.05) is 66.1 Å². The van der Waals surface area contributed by atoms with Gasteiger partial charge in [-0.3, -0.25) is 10.2 Å². The molecule has 4 rings (SSSR count). The average Bonchev–Trinajstić information content (AvgIpc) is 3.30. The van der Waals surface area contributed by atoms with Gasteiger partial charge in [-0.25, -0.2) is 4.98 Å². The van der Waals surface area contributed by atoms with Crippen molar-refractivity contribution in [1.29, 1.82) is 5.41 Å². The first-order valence-corrected chi connectivity index (χ1v) is 10.1. The Balaban J connectivity index is 1.57. The second-order valence-corrected chi connectivity index (χ2v) is 7.96. The molecule has 134 valence electrons. The highest BCUT2D eigenvalue weighted by Gasteiger charge is 2.38. The molecule has 1 fully saturated rings. The molecule has 0 unspecified atom stereocenters. The SMILES string of the molecule is N=C1S/C(=C\c2ccccc2OCc2ccccc2)C(=O)[C@@H]1c1nccs1. The molecule has 3 aromatic rings. The van der Waals surface area contributed by atoms with Gasteiger partial charge in [-0.1, -0.05) is 60.3 Å². The van der Waals surface area contributed by atoms with Crippen LogP contribution in [0.4, 0.5) is 0 Å². The topological polar surface area (TPSA) is 63.0 Å². The largest absolute Gasteiger partial charge is 0.488 e. The summed E-state index contributed by atoms with van der Waals surface area (Å²) in [5.41, 5.74) is 1.91. The maximum absolute atomic E-state index is 12.8. The Kier molecular flexibility index (Phi) is 5.18. The standard InChI is InChI=1S/C21H16N2O2S2/c22-20-18(21-23-10-11-26-21)19(24)17(27-20)12-15-8-4-5-9-16(15)25-13-14-6-2-1-3-7-14/h1-12,18,22H,13H2/b17-12-,22-20?/t18-/m0/s1. The lowest BCUT2D eigenvalue weighted by Gasteiger charge is -2.09. The molecule has 0 amide bonds. The van der Waals surface area contributed by atoms with Crippen LogP contribution in [0, 0.1) is 5.41 Å². The summed E-state index contributed by atoms with van der Waals surface area (Å²) in [4.78, 5) is 17.6. The van der Waals surface area contributed by atoms with Crippen molar-refractivity contribution in [2.24, 2.45) is 0 Å². The summed E-state index contributed by atoms with van der Waals surface area (Å²) in [5.74, 6) is 0.0722. The number of aromatic nitrogens is 1. The number of ketones is 1. The fourth-order valence-electron chi connectivity index (χ4n) is 2.80. The van der Waals surface area contributed by atoms with Crippen LogP contribution in [-0.4, -0.2) is 15.8 Å². The third-order valence-corrected chi connectivity index (χ3v) is 5.96. The predicted octanol–water partition coefficient (Wildman–Crippen LogP) is 5.14. The van der Waals surface area contributed by atoms with Crippen LogP contribution < -0.4 is 4.74 Å². The number of thiazole rings is 1. The maximum Gasteiger partial charge on any atom is 0.186 e. The number of para-hydroxylation sites is 1. The van der Waals surface area contributed by atoms with Crippen LogP contribution in [0.5, 0.6) is 5.75 Å². The highest BCUT2D eigenvalue weighted by atomic mass is 32.2. The second kappa shape index (κ2) is 7.90. The lowest BCUT2D eigenvalue weighted by Crippen LogP contribution is -2.11. The normalized spacial score (nSPS) is 18.2. The van der Waals surface area contributed by atoms with Crippen molar-refractivity contribution >= 4 is 40.0 Å². The Morgan fingerprint density at radius 2 is 1.89 bits per heavy atom. The van der Waals surface area contributed by atoms with Gasteiger partial charge in [0.05, 0.1) is 9.95 Å². The van der Waals surface area contributed by atoms with Crippen molar-refractivity contribution in [2.45, 2.75) is 12.5 Å². The number of benzene rings is 2. The molecular weight excluding hydrogens is 376 g/mol. The van der Waals surface area contributed by atoms with Gasteiger partial charge in [0.15, 0.2) is 5.78 Å². The summed E-state index contributed by atoms with van der Waals surface area (Å²) in [6.07, 6.45) is 3.48. The van der Waals surface area contributed by atoms with E-state index in [1.54, 1.807) is 6.20 Å². The first-order chi connectivity index (χ1) is 13.2. The van der Waals surface area contributed by atoms with Crippen molar-refractivity contribution in [1.82, 2.24) is 4.98 Å². The highest BCUT2D eigenvalue weighted by Crippen LogP contribution is 2.41. The fraction of sp³-hybridized carbons (Fsp3) is 0.0952. The van der Waals surface area contributed by atoms with Crippen LogP contribution in [-0.2, 0) is 11.4 Å². The van der Waals surface area contributed by atoms with E-state index in [0.29, 0.717) is 27.3 Å². The number of nitrogens with one attached hydrogen (secondary N) is 1. The zero-order valence-electron chi connectivity index (χ0n) is 14.3. The van der Waals surface area contributed by atoms with Gasteiger partial charge in [-0.2, -0.15) is 0 Å². The van der Waals surface area contributed by atoms with Gasteiger partial charge in [-0.05, 0) is 17.7 Å². The molecule has 27 heavy (non-hydrogen) atoms. The average molecular weight is 393 g/mol. The van der Waals surface area contributed by atoms with E-state index in [0.717, 1.165) is 11.1 Å². The molecule has 0 radical (unpaired) electrons. The van der Waals surface area contributed by atoms with Crippen molar-refractivity contribution in [2.75, 3.05) is 0 Å². The number of carbonyl (C=O) groups excluding carboxylic acids is 1. The highest BCUT2D eigenvalue weighted by molar-refractivity contribution is 8.19. The summed E-state index contributed by atoms with van der Waals surface area (Å²) in [5, 5.41) is 11.0. The van der Waals surface area contributed by atoms with Crippen molar-refractivity contribution in [3.05, 3.63) is 87.2 Å². The van der Waals surface area contributed by atoms with E-state index >= 15 is 0 Å². The van der Waals surface area contributed by atoms with Crippen LogP contribution in [0.2, 0.25) is 0 Å². The zero-order valence-corrected chi connectivity index (χ0v) is 15.9. The van der Waals surface area contributed by atoms with Crippen LogP contribution in [0.25, 0.3) is 6.08 Å². The monoisotopic (exact) mass is 392 g/mol. The minimum absolute atomic E-state index is 0.0715. The van der Waals surface area contributed by atoms with E-state index < -0.39 is 5.92 Å². The van der Waals surface area contributed by atoms with Crippen LogP contribution in [0.15, 0.2) is 71.1 Å². The maximum atomic E-state index is 12.8. The number of hydrogen-bond acceptors (Lipinski definition) is 6. The fourth-order valence-corrected chi connectivity index (χ4v) is 4.59. The number of rotatable bonds is 5. The molecule has 1 aliphatic rings. The Labute approximate surface area is 165 Å². The Morgan fingerprint density at radius 3 is 2.67 bits per heavy atom. The summed E-state index contributed by atoms with van der Waals surface area (Å²) in [6.45, 7) is 0.458. The number of nitrogens with zero attached hydrogens (tertiary/aromatic N) is 1. The van der Waals surface area contributed by atoms with E-state index in [4.69, 9.17) is 10.1 Å². The molecule has 0 aliphatic carbocycles. The summed E-state index contributed by atoms with van der Waals surface area (Å²) in [6, 6.07) is 17.6. The zero-order chi connectivity index (χ0) is 18.6. The minimum atomic E-state index is -0.571. The Hall–Kier alpha value is -2.70. The number of allylic oxidation sites excluding steroid dienone is 1. The molecule has 1 aromatic heterocycles. The third kappa shape index (κ3) is 3.86. The second-order valence-electron chi connectivity index (χ2n) is 5.95. The molecule has 1 saturated heterocycles. The van der Waals surface area contributed by atoms with E-state index in [-0.39, 0.29) is 5.78 Å². The van der Waals surface area contributed by atoms with E-state index in [2.05, 4.69) is 4.98 Å². The smallest absolute Gasteiger partial charge is 0.186 e. The summed E-state index contributed by atoms with van der Waals surface area (Å²) < 4.78 is 5.97. The predicted molar refractivity (Wildman–Crippen MR) is 110 cm³/mol. The number of carbonyl (C=O) groups is 1. The van der Waals surface area contributed by atoms with Gasteiger partial charge in [-0.15, -0.1) is 11.3 Å². The third-order valence-electron chi connectivity index (χ3n) is 4.13. The first kappa shape index (κ1) is 17.7. The van der Waals surface area contributed by atoms with Gasteiger partial charge in [0.2, 0.25) is 0 Å². The summed E-state index contributed by atoms with van der Waals surface area (Å²) >= 11 is 2.61. The number of hydrogen-bond donors (Lipinski definition) is 1. The van der Waals surface area contributed by atoms with Crippen molar-refractivity contribution < 1.29 is 9.53 Å². The molecule has 1 atom stereocenters. The number of Topliss-reactive ketones (excluding diaryl/α,β-unsaturated/α-hetero) is 1. The van der Waals surface area contributed by atoms with Gasteiger partial charge < -0.3 is 4.74 Å². The molecule has 0 saturated carbocycles. The minimum Gasteiger partial charge on any atom is -0.488 e. The Morgan fingerprint density at radius 1 is 1.11 bits per heavy atom. The van der Waals surface area contributed by atoms with E-state index in [1.165, 1.54) is 23.1 Å². The quantitative estimate of drug-likeness (QED) is 0.611. The van der Waals surface area contributed by atoms with Gasteiger partial charge in [0, 0.05) is 17.1 Å². The number of thioether (sulfide) groups is 1. The Bertz CT molecular complexity index is 998. The van der Waals surface area contributed by atoms with Gasteiger partial charge in [0.25, 0.3) is 0 Å². The van der Waals surface area contributed by atoms with E-state index in [9.17, 15) is 4.79 Å².